The van der Waals surface area contributed by atoms with Gasteiger partial charge in [-0.05, 0) is 56.0 Å². The lowest BCUT2D eigenvalue weighted by molar-refractivity contribution is 0.507. The van der Waals surface area contributed by atoms with Crippen molar-refractivity contribution in [2.75, 3.05) is 18.5 Å². The number of nitrogens with zero attached hydrogens (tertiary/aromatic N) is 1. The number of aryl methyl sites for hydroxylation is 1. The molecule has 0 amide bonds. The van der Waals surface area contributed by atoms with Gasteiger partial charge in [0.25, 0.3) is 0 Å². The van der Waals surface area contributed by atoms with Crippen LogP contribution in [0.25, 0.3) is 0 Å². The molecule has 0 atom stereocenters. The zero-order chi connectivity index (χ0) is 15.1. The SMILES string of the molecule is CCC(CC)N(CC(C)C)c1ccc(CNC)c(C)c1. The molecule has 0 aromatic heterocycles. The highest BCUT2D eigenvalue weighted by Gasteiger charge is 2.17. The molecule has 0 bridgehead atoms. The summed E-state index contributed by atoms with van der Waals surface area (Å²) >= 11 is 0. The van der Waals surface area contributed by atoms with Crippen molar-refractivity contribution in [2.45, 2.75) is 60.0 Å². The maximum atomic E-state index is 3.24. The molecule has 0 spiro atoms. The van der Waals surface area contributed by atoms with Crippen molar-refractivity contribution in [2.24, 2.45) is 5.92 Å². The lowest BCUT2D eigenvalue weighted by Crippen LogP contribution is -2.37. The van der Waals surface area contributed by atoms with Crippen LogP contribution >= 0.6 is 0 Å². The van der Waals surface area contributed by atoms with Crippen LogP contribution in [0, 0.1) is 12.8 Å². The lowest BCUT2D eigenvalue weighted by Gasteiger charge is -2.34. The predicted octanol–water partition coefficient (Wildman–Crippen LogP) is 4.37. The second kappa shape index (κ2) is 8.31. The van der Waals surface area contributed by atoms with Crippen LogP contribution in [-0.2, 0) is 6.54 Å². The first-order valence-electron chi connectivity index (χ1n) is 8.04. The number of hydrogen-bond acceptors (Lipinski definition) is 2. The van der Waals surface area contributed by atoms with Gasteiger partial charge in [0.05, 0.1) is 0 Å². The fourth-order valence-electron chi connectivity index (χ4n) is 2.84. The van der Waals surface area contributed by atoms with Gasteiger partial charge in [-0.1, -0.05) is 33.8 Å². The van der Waals surface area contributed by atoms with Gasteiger partial charge in [-0.25, -0.2) is 0 Å². The number of anilines is 1. The van der Waals surface area contributed by atoms with E-state index >= 15 is 0 Å². The fraction of sp³-hybridized carbons (Fsp3) is 0.667. The summed E-state index contributed by atoms with van der Waals surface area (Å²) in [5.74, 6) is 0.688. The third-order valence-corrected chi connectivity index (χ3v) is 3.97. The van der Waals surface area contributed by atoms with Crippen LogP contribution in [-0.4, -0.2) is 19.6 Å². The zero-order valence-electron chi connectivity index (χ0n) is 14.2. The molecular formula is C18H32N2. The van der Waals surface area contributed by atoms with E-state index in [0.717, 1.165) is 13.1 Å². The molecule has 1 N–H and O–H groups in total. The van der Waals surface area contributed by atoms with Crippen LogP contribution in [0.15, 0.2) is 18.2 Å². The topological polar surface area (TPSA) is 15.3 Å². The van der Waals surface area contributed by atoms with Gasteiger partial charge in [0.1, 0.15) is 0 Å². The van der Waals surface area contributed by atoms with Gasteiger partial charge in [-0.3, -0.25) is 0 Å². The maximum absolute atomic E-state index is 3.24. The van der Waals surface area contributed by atoms with Gasteiger partial charge in [-0.2, -0.15) is 0 Å². The summed E-state index contributed by atoms with van der Waals surface area (Å²) in [4.78, 5) is 2.60. The largest absolute Gasteiger partial charge is 0.368 e. The molecule has 0 aliphatic carbocycles. The van der Waals surface area contributed by atoms with E-state index in [1.807, 2.05) is 7.05 Å². The minimum atomic E-state index is 0.645. The molecule has 0 saturated carbocycles. The molecule has 0 heterocycles. The highest BCUT2D eigenvalue weighted by molar-refractivity contribution is 5.51. The minimum absolute atomic E-state index is 0.645. The Kier molecular flexibility index (Phi) is 7.08. The molecule has 2 nitrogen and oxygen atoms in total. The summed E-state index contributed by atoms with van der Waals surface area (Å²) in [6.07, 6.45) is 2.42. The average molecular weight is 276 g/mol. The minimum Gasteiger partial charge on any atom is -0.368 e. The molecule has 1 rings (SSSR count). The van der Waals surface area contributed by atoms with Crippen LogP contribution in [0.1, 0.15) is 51.7 Å². The van der Waals surface area contributed by atoms with Crippen molar-refractivity contribution >= 4 is 5.69 Å². The van der Waals surface area contributed by atoms with Crippen LogP contribution in [0.4, 0.5) is 5.69 Å². The van der Waals surface area contributed by atoms with Crippen molar-refractivity contribution in [3.8, 4) is 0 Å². The predicted molar refractivity (Wildman–Crippen MR) is 90.5 cm³/mol. The number of nitrogens with one attached hydrogen (secondary N) is 1. The molecule has 0 aliphatic heterocycles. The van der Waals surface area contributed by atoms with E-state index in [2.05, 4.69) is 63.0 Å². The van der Waals surface area contributed by atoms with E-state index in [0.29, 0.717) is 12.0 Å². The molecule has 1 aromatic carbocycles. The Balaban J connectivity index is 3.03. The molecule has 0 fully saturated rings. The first-order valence-corrected chi connectivity index (χ1v) is 8.04. The first-order chi connectivity index (χ1) is 9.53. The molecule has 114 valence electrons. The second-order valence-electron chi connectivity index (χ2n) is 6.16. The van der Waals surface area contributed by atoms with Crippen molar-refractivity contribution in [3.05, 3.63) is 29.3 Å². The maximum Gasteiger partial charge on any atom is 0.0371 e. The van der Waals surface area contributed by atoms with E-state index in [1.54, 1.807) is 0 Å². The third kappa shape index (κ3) is 4.52. The van der Waals surface area contributed by atoms with Gasteiger partial charge in [-0.15, -0.1) is 0 Å². The van der Waals surface area contributed by atoms with Crippen molar-refractivity contribution in [3.63, 3.8) is 0 Å². The smallest absolute Gasteiger partial charge is 0.0371 e. The Hall–Kier alpha value is -1.02. The summed E-state index contributed by atoms with van der Waals surface area (Å²) in [5, 5.41) is 3.24. The van der Waals surface area contributed by atoms with E-state index in [9.17, 15) is 0 Å². The first kappa shape index (κ1) is 17.0. The average Bonchev–Trinajstić information content (AvgIpc) is 2.41. The summed E-state index contributed by atoms with van der Waals surface area (Å²) < 4.78 is 0. The molecule has 20 heavy (non-hydrogen) atoms. The standard InChI is InChI=1S/C18H32N2/c1-7-17(8-2)20(13-14(3)4)18-10-9-16(12-19-6)15(5)11-18/h9-11,14,17,19H,7-8,12-13H2,1-6H3. The van der Waals surface area contributed by atoms with E-state index in [-0.39, 0.29) is 0 Å². The molecule has 0 saturated heterocycles. The van der Waals surface area contributed by atoms with Gasteiger partial charge < -0.3 is 10.2 Å². The number of benzene rings is 1. The Labute approximate surface area is 125 Å². The number of rotatable bonds is 8. The summed E-state index contributed by atoms with van der Waals surface area (Å²) in [7, 11) is 2.00. The molecular weight excluding hydrogens is 244 g/mol. The van der Waals surface area contributed by atoms with Gasteiger partial charge in [0.2, 0.25) is 0 Å². The van der Waals surface area contributed by atoms with Crippen LogP contribution in [0.2, 0.25) is 0 Å². The van der Waals surface area contributed by atoms with E-state index in [4.69, 9.17) is 0 Å². The van der Waals surface area contributed by atoms with Gasteiger partial charge >= 0.3 is 0 Å². The summed E-state index contributed by atoms with van der Waals surface area (Å²) in [6.45, 7) is 13.5. The zero-order valence-corrected chi connectivity index (χ0v) is 14.2. The van der Waals surface area contributed by atoms with Crippen molar-refractivity contribution < 1.29 is 0 Å². The Morgan fingerprint density at radius 1 is 1.15 bits per heavy atom. The fourth-order valence-corrected chi connectivity index (χ4v) is 2.84. The van der Waals surface area contributed by atoms with Crippen LogP contribution in [0.3, 0.4) is 0 Å². The third-order valence-electron chi connectivity index (χ3n) is 3.97. The quantitative estimate of drug-likeness (QED) is 0.758. The van der Waals surface area contributed by atoms with Crippen molar-refractivity contribution in [1.82, 2.24) is 5.32 Å². The molecule has 1 aromatic rings. The van der Waals surface area contributed by atoms with Crippen LogP contribution < -0.4 is 10.2 Å². The number of hydrogen-bond donors (Lipinski definition) is 1. The Bertz CT molecular complexity index is 394. The molecule has 0 aliphatic rings. The lowest BCUT2D eigenvalue weighted by atomic mass is 10.0. The monoisotopic (exact) mass is 276 g/mol. The molecule has 0 unspecified atom stereocenters. The van der Waals surface area contributed by atoms with Crippen molar-refractivity contribution in [1.29, 1.82) is 0 Å². The normalized spacial score (nSPS) is 11.4. The Morgan fingerprint density at radius 2 is 1.80 bits per heavy atom. The Morgan fingerprint density at radius 3 is 2.25 bits per heavy atom. The highest BCUT2D eigenvalue weighted by Crippen LogP contribution is 2.24. The van der Waals surface area contributed by atoms with E-state index < -0.39 is 0 Å². The van der Waals surface area contributed by atoms with Gasteiger partial charge in [0, 0.05) is 24.8 Å². The molecule has 0 radical (unpaired) electrons. The second-order valence-corrected chi connectivity index (χ2v) is 6.16. The van der Waals surface area contributed by atoms with Crippen LogP contribution in [0.5, 0.6) is 0 Å². The van der Waals surface area contributed by atoms with E-state index in [1.165, 1.54) is 29.7 Å². The highest BCUT2D eigenvalue weighted by atomic mass is 15.2. The summed E-state index contributed by atoms with van der Waals surface area (Å²) in [5.41, 5.74) is 4.16. The summed E-state index contributed by atoms with van der Waals surface area (Å²) in [6, 6.07) is 7.57. The molecule has 2 heteroatoms. The van der Waals surface area contributed by atoms with Gasteiger partial charge in [0.15, 0.2) is 0 Å².